The van der Waals surface area contributed by atoms with Gasteiger partial charge < -0.3 is 10.3 Å². The fourth-order valence-corrected chi connectivity index (χ4v) is 6.49. The maximum Gasteiger partial charge on any atom is 0.250 e. The van der Waals surface area contributed by atoms with E-state index in [0.29, 0.717) is 17.8 Å². The van der Waals surface area contributed by atoms with Crippen molar-refractivity contribution >= 4 is 40.0 Å². The highest BCUT2D eigenvalue weighted by atomic mass is 16.2. The number of benzene rings is 3. The average molecular weight is 477 g/mol. The SMILES string of the molecule is Cc1cccc(N2C(=O)[C@@H]3[C@H](Cc4c[nH]c5ccccc45)N[C@@]4(C(=O)Nc5ccccc54)[C@@H]3C2=O)c1. The molecule has 3 aromatic carbocycles. The molecule has 1 spiro atoms. The van der Waals surface area contributed by atoms with E-state index in [2.05, 4.69) is 15.6 Å². The normalized spacial score (nSPS) is 26.6. The number of H-pyrrole nitrogens is 1. The van der Waals surface area contributed by atoms with Gasteiger partial charge in [0.2, 0.25) is 17.7 Å². The van der Waals surface area contributed by atoms with Gasteiger partial charge in [0, 0.05) is 34.4 Å². The van der Waals surface area contributed by atoms with E-state index in [1.165, 1.54) is 4.90 Å². The number of nitrogens with one attached hydrogen (secondary N) is 3. The molecule has 36 heavy (non-hydrogen) atoms. The number of rotatable bonds is 3. The zero-order valence-corrected chi connectivity index (χ0v) is 19.6. The van der Waals surface area contributed by atoms with Crippen LogP contribution in [0.3, 0.4) is 0 Å². The van der Waals surface area contributed by atoms with Gasteiger partial charge in [-0.25, -0.2) is 4.90 Å². The number of para-hydroxylation sites is 2. The molecular formula is C29H24N4O3. The number of fused-ring (bicyclic) bond motifs is 5. The molecule has 7 heteroatoms. The smallest absolute Gasteiger partial charge is 0.250 e. The van der Waals surface area contributed by atoms with E-state index >= 15 is 0 Å². The van der Waals surface area contributed by atoms with E-state index in [1.807, 2.05) is 79.9 Å². The van der Waals surface area contributed by atoms with Gasteiger partial charge in [-0.15, -0.1) is 0 Å². The van der Waals surface area contributed by atoms with E-state index in [1.54, 1.807) is 6.07 Å². The third-order valence-corrected chi connectivity index (χ3v) is 8.00. The summed E-state index contributed by atoms with van der Waals surface area (Å²) in [6.07, 6.45) is 2.46. The maximum absolute atomic E-state index is 14.1. The van der Waals surface area contributed by atoms with Gasteiger partial charge >= 0.3 is 0 Å². The number of aromatic amines is 1. The first-order valence-electron chi connectivity index (χ1n) is 12.2. The number of carbonyl (C=O) groups excluding carboxylic acids is 3. The number of aryl methyl sites for hydroxylation is 1. The highest BCUT2D eigenvalue weighted by Crippen LogP contribution is 2.54. The Bertz CT molecular complexity index is 1590. The first-order chi connectivity index (χ1) is 17.5. The summed E-state index contributed by atoms with van der Waals surface area (Å²) in [6.45, 7) is 1.93. The Hall–Kier alpha value is -4.23. The highest BCUT2D eigenvalue weighted by molar-refractivity contribution is 6.25. The lowest BCUT2D eigenvalue weighted by molar-refractivity contribution is -0.130. The van der Waals surface area contributed by atoms with Crippen LogP contribution in [0.4, 0.5) is 11.4 Å². The molecule has 2 fully saturated rings. The van der Waals surface area contributed by atoms with Gasteiger partial charge in [-0.3, -0.25) is 19.7 Å². The summed E-state index contributed by atoms with van der Waals surface area (Å²) in [4.78, 5) is 46.3. The zero-order chi connectivity index (χ0) is 24.6. The van der Waals surface area contributed by atoms with Crippen LogP contribution in [0, 0.1) is 18.8 Å². The van der Waals surface area contributed by atoms with Crippen LogP contribution in [0.1, 0.15) is 16.7 Å². The van der Waals surface area contributed by atoms with Crippen molar-refractivity contribution in [2.24, 2.45) is 11.8 Å². The van der Waals surface area contributed by atoms with Crippen molar-refractivity contribution in [3.05, 3.63) is 95.7 Å². The summed E-state index contributed by atoms with van der Waals surface area (Å²) in [5.41, 5.74) is 3.65. The van der Waals surface area contributed by atoms with Crippen molar-refractivity contribution in [3.63, 3.8) is 0 Å². The Kier molecular flexibility index (Phi) is 4.32. The van der Waals surface area contributed by atoms with E-state index in [0.717, 1.165) is 27.6 Å². The molecule has 0 saturated carbocycles. The van der Waals surface area contributed by atoms with Crippen LogP contribution >= 0.6 is 0 Å². The summed E-state index contributed by atoms with van der Waals surface area (Å²) >= 11 is 0. The van der Waals surface area contributed by atoms with Gasteiger partial charge in [-0.2, -0.15) is 0 Å². The Balaban J connectivity index is 1.38. The summed E-state index contributed by atoms with van der Waals surface area (Å²) in [5, 5.41) is 7.56. The van der Waals surface area contributed by atoms with E-state index in [9.17, 15) is 14.4 Å². The van der Waals surface area contributed by atoms with Crippen molar-refractivity contribution in [1.82, 2.24) is 10.3 Å². The van der Waals surface area contributed by atoms with E-state index < -0.39 is 23.4 Å². The predicted molar refractivity (Wildman–Crippen MR) is 136 cm³/mol. The van der Waals surface area contributed by atoms with Gasteiger partial charge in [-0.05, 0) is 48.7 Å². The molecule has 7 rings (SSSR count). The molecule has 0 unspecified atom stereocenters. The number of aromatic nitrogens is 1. The topological polar surface area (TPSA) is 94.3 Å². The summed E-state index contributed by atoms with van der Waals surface area (Å²) in [6, 6.07) is 22.4. The molecule has 4 atom stereocenters. The Morgan fingerprint density at radius 3 is 2.58 bits per heavy atom. The minimum absolute atomic E-state index is 0.262. The van der Waals surface area contributed by atoms with Crippen LogP contribution in [-0.4, -0.2) is 28.7 Å². The van der Waals surface area contributed by atoms with Crippen molar-refractivity contribution in [2.45, 2.75) is 24.9 Å². The second-order valence-electron chi connectivity index (χ2n) is 9.98. The number of nitrogens with zero attached hydrogens (tertiary/aromatic N) is 1. The quantitative estimate of drug-likeness (QED) is 0.394. The lowest BCUT2D eigenvalue weighted by Crippen LogP contribution is -2.53. The van der Waals surface area contributed by atoms with Crippen LogP contribution in [0.15, 0.2) is 79.0 Å². The van der Waals surface area contributed by atoms with Crippen LogP contribution in [0.5, 0.6) is 0 Å². The number of hydrogen-bond donors (Lipinski definition) is 3. The molecule has 7 nitrogen and oxygen atoms in total. The monoisotopic (exact) mass is 476 g/mol. The van der Waals surface area contributed by atoms with Crippen molar-refractivity contribution in [2.75, 3.05) is 10.2 Å². The fourth-order valence-electron chi connectivity index (χ4n) is 6.49. The second-order valence-corrected chi connectivity index (χ2v) is 9.98. The molecule has 178 valence electrons. The molecule has 3 aliphatic heterocycles. The standard InChI is InChI=1S/C29H24N4O3/c1-16-7-6-8-18(13-16)33-26(34)24-23(14-17-15-30-21-11-4-2-9-19(17)21)32-29(25(24)27(33)35)20-10-3-5-12-22(20)31-28(29)36/h2-13,15,23-25,30,32H,14H2,1H3,(H,31,36)/t23-,24+,25-,29+/m0/s1. The first-order valence-corrected chi connectivity index (χ1v) is 12.2. The van der Waals surface area contributed by atoms with Gasteiger partial charge in [-0.1, -0.05) is 48.5 Å². The predicted octanol–water partition coefficient (Wildman–Crippen LogP) is 3.64. The Labute approximate surface area is 207 Å². The zero-order valence-electron chi connectivity index (χ0n) is 19.6. The minimum Gasteiger partial charge on any atom is -0.361 e. The van der Waals surface area contributed by atoms with Gasteiger partial charge in [0.05, 0.1) is 17.5 Å². The average Bonchev–Trinajstić information content (AvgIpc) is 3.58. The second kappa shape index (κ2) is 7.38. The first kappa shape index (κ1) is 21.1. The number of amides is 3. The third kappa shape index (κ3) is 2.69. The van der Waals surface area contributed by atoms with Gasteiger partial charge in [0.1, 0.15) is 5.54 Å². The fraction of sp³-hybridized carbons (Fsp3) is 0.207. The third-order valence-electron chi connectivity index (χ3n) is 8.00. The summed E-state index contributed by atoms with van der Waals surface area (Å²) in [5.74, 6) is -2.40. The molecule has 1 aromatic heterocycles. The van der Waals surface area contributed by atoms with Crippen molar-refractivity contribution in [1.29, 1.82) is 0 Å². The van der Waals surface area contributed by atoms with Crippen LogP contribution in [-0.2, 0) is 26.3 Å². The van der Waals surface area contributed by atoms with Crippen LogP contribution in [0.25, 0.3) is 10.9 Å². The molecule has 3 aliphatic rings. The van der Waals surface area contributed by atoms with Crippen molar-refractivity contribution < 1.29 is 14.4 Å². The molecule has 0 aliphatic carbocycles. The minimum atomic E-state index is -1.30. The summed E-state index contributed by atoms with van der Waals surface area (Å²) < 4.78 is 0. The van der Waals surface area contributed by atoms with E-state index in [-0.39, 0.29) is 17.7 Å². The molecule has 0 bridgehead atoms. The molecule has 0 radical (unpaired) electrons. The Morgan fingerprint density at radius 1 is 0.917 bits per heavy atom. The number of carbonyl (C=O) groups is 3. The van der Waals surface area contributed by atoms with Crippen molar-refractivity contribution in [3.8, 4) is 0 Å². The van der Waals surface area contributed by atoms with Gasteiger partial charge in [0.15, 0.2) is 0 Å². The largest absolute Gasteiger partial charge is 0.361 e. The lowest BCUT2D eigenvalue weighted by Gasteiger charge is -2.29. The molecule has 4 aromatic rings. The number of imide groups is 1. The summed E-state index contributed by atoms with van der Waals surface area (Å²) in [7, 11) is 0. The molecule has 2 saturated heterocycles. The molecule has 3 N–H and O–H groups in total. The maximum atomic E-state index is 14.1. The highest BCUT2D eigenvalue weighted by Gasteiger charge is 2.70. The van der Waals surface area contributed by atoms with Gasteiger partial charge in [0.25, 0.3) is 0 Å². The lowest BCUT2D eigenvalue weighted by atomic mass is 9.76. The van der Waals surface area contributed by atoms with Crippen LogP contribution < -0.4 is 15.5 Å². The molecule has 3 amide bonds. The molecule has 4 heterocycles. The Morgan fingerprint density at radius 2 is 1.72 bits per heavy atom. The van der Waals surface area contributed by atoms with Crippen LogP contribution in [0.2, 0.25) is 0 Å². The number of anilines is 2. The molecular weight excluding hydrogens is 452 g/mol. The number of hydrogen-bond acceptors (Lipinski definition) is 4. The van der Waals surface area contributed by atoms with E-state index in [4.69, 9.17) is 0 Å².